The van der Waals surface area contributed by atoms with Gasteiger partial charge >= 0.3 is 5.97 Å². The molecule has 2 heterocycles. The van der Waals surface area contributed by atoms with Gasteiger partial charge in [0.15, 0.2) is 0 Å². The minimum Gasteiger partial charge on any atom is -0.469 e. The average molecular weight is 248 g/mol. The number of ether oxygens (including phenoxy) is 1. The van der Waals surface area contributed by atoms with Gasteiger partial charge in [-0.2, -0.15) is 0 Å². The summed E-state index contributed by atoms with van der Waals surface area (Å²) in [5.41, 5.74) is 1.09. The van der Waals surface area contributed by atoms with E-state index in [1.807, 2.05) is 12.1 Å². The van der Waals surface area contributed by atoms with Crippen LogP contribution in [0.4, 0.5) is 0 Å². The summed E-state index contributed by atoms with van der Waals surface area (Å²) in [4.78, 5) is 28.8. The summed E-state index contributed by atoms with van der Waals surface area (Å²) >= 11 is 0. The zero-order valence-electron chi connectivity index (χ0n) is 10.3. The molecule has 0 bridgehead atoms. The summed E-state index contributed by atoms with van der Waals surface area (Å²) < 4.78 is 4.67. The van der Waals surface area contributed by atoms with E-state index in [0.29, 0.717) is 13.1 Å². The predicted molar refractivity (Wildman–Crippen MR) is 64.6 cm³/mol. The lowest BCUT2D eigenvalue weighted by atomic mass is 10.1. The van der Waals surface area contributed by atoms with E-state index in [1.165, 1.54) is 7.11 Å². The van der Waals surface area contributed by atoms with Crippen LogP contribution >= 0.6 is 0 Å². The molecule has 1 fully saturated rings. The number of carbonyl (C=O) groups excluding carboxylic acids is 2. The van der Waals surface area contributed by atoms with Crippen molar-refractivity contribution < 1.29 is 14.3 Å². The number of methoxy groups -OCH3 is 1. The highest BCUT2D eigenvalue weighted by molar-refractivity contribution is 5.86. The number of likely N-dealkylation sites (tertiary alicyclic amines) is 1. The van der Waals surface area contributed by atoms with Crippen molar-refractivity contribution in [3.05, 3.63) is 30.1 Å². The molecule has 18 heavy (non-hydrogen) atoms. The van der Waals surface area contributed by atoms with Gasteiger partial charge in [-0.15, -0.1) is 0 Å². The lowest BCUT2D eigenvalue weighted by Gasteiger charge is -2.15. The van der Waals surface area contributed by atoms with Crippen LogP contribution < -0.4 is 0 Å². The van der Waals surface area contributed by atoms with E-state index in [0.717, 1.165) is 12.0 Å². The predicted octanol–water partition coefficient (Wildman–Crippen LogP) is 0.646. The van der Waals surface area contributed by atoms with Gasteiger partial charge in [-0.3, -0.25) is 14.6 Å². The van der Waals surface area contributed by atoms with Crippen molar-refractivity contribution in [1.29, 1.82) is 0 Å². The van der Waals surface area contributed by atoms with Gasteiger partial charge in [-0.25, -0.2) is 0 Å². The largest absolute Gasteiger partial charge is 0.469 e. The Morgan fingerprint density at radius 2 is 2.44 bits per heavy atom. The third-order valence-electron chi connectivity index (χ3n) is 3.14. The minimum atomic E-state index is -0.309. The fraction of sp³-hybridized carbons (Fsp3) is 0.462. The van der Waals surface area contributed by atoms with Crippen molar-refractivity contribution in [2.45, 2.75) is 12.8 Å². The monoisotopic (exact) mass is 248 g/mol. The zero-order valence-corrected chi connectivity index (χ0v) is 10.3. The molecule has 1 unspecified atom stereocenters. The first kappa shape index (κ1) is 12.5. The number of amides is 1. The number of esters is 1. The second-order valence-electron chi connectivity index (χ2n) is 4.38. The van der Waals surface area contributed by atoms with E-state index in [1.54, 1.807) is 17.3 Å². The number of nitrogens with zero attached hydrogens (tertiary/aromatic N) is 2. The van der Waals surface area contributed by atoms with Gasteiger partial charge in [0.25, 0.3) is 0 Å². The molecular formula is C13H16N2O3. The van der Waals surface area contributed by atoms with Crippen LogP contribution in [0.1, 0.15) is 12.0 Å². The fourth-order valence-electron chi connectivity index (χ4n) is 2.12. The first-order chi connectivity index (χ1) is 8.70. The van der Waals surface area contributed by atoms with E-state index in [-0.39, 0.29) is 24.2 Å². The molecule has 2 rings (SSSR count). The fourth-order valence-corrected chi connectivity index (χ4v) is 2.12. The van der Waals surface area contributed by atoms with Gasteiger partial charge in [-0.05, 0) is 18.1 Å². The summed E-state index contributed by atoms with van der Waals surface area (Å²) in [6.45, 7) is 1.09. The molecule has 0 spiro atoms. The Labute approximate surface area is 106 Å². The van der Waals surface area contributed by atoms with Gasteiger partial charge in [0.2, 0.25) is 5.91 Å². The maximum absolute atomic E-state index is 11.7. The molecule has 1 atom stereocenters. The third kappa shape index (κ3) is 2.85. The maximum atomic E-state index is 11.7. The van der Waals surface area contributed by atoms with Gasteiger partial charge in [-0.1, -0.05) is 6.07 Å². The van der Waals surface area contributed by atoms with Crippen LogP contribution in [0.25, 0.3) is 0 Å². The van der Waals surface area contributed by atoms with Crippen molar-refractivity contribution >= 4 is 11.9 Å². The number of carbonyl (C=O) groups is 2. The summed E-state index contributed by atoms with van der Waals surface area (Å²) in [5, 5.41) is 0. The second-order valence-corrected chi connectivity index (χ2v) is 4.38. The van der Waals surface area contributed by atoms with Crippen LogP contribution in [-0.4, -0.2) is 42.0 Å². The first-order valence-corrected chi connectivity index (χ1v) is 5.95. The lowest BCUT2D eigenvalue weighted by molar-refractivity contribution is -0.145. The zero-order chi connectivity index (χ0) is 13.0. The molecule has 5 heteroatoms. The Kier molecular flexibility index (Phi) is 3.92. The third-order valence-corrected chi connectivity index (χ3v) is 3.14. The molecular weight excluding hydrogens is 232 g/mol. The molecule has 1 aromatic rings. The quantitative estimate of drug-likeness (QED) is 0.734. The number of rotatable bonds is 4. The van der Waals surface area contributed by atoms with Crippen LogP contribution in [0.3, 0.4) is 0 Å². The Hall–Kier alpha value is -1.91. The number of aromatic nitrogens is 1. The van der Waals surface area contributed by atoms with Crippen LogP contribution in [-0.2, 0) is 20.7 Å². The number of pyridine rings is 1. The Morgan fingerprint density at radius 3 is 3.11 bits per heavy atom. The van der Waals surface area contributed by atoms with Crippen LogP contribution in [0, 0.1) is 5.92 Å². The van der Waals surface area contributed by atoms with Gasteiger partial charge < -0.3 is 9.64 Å². The maximum Gasteiger partial charge on any atom is 0.310 e. The number of hydrogen-bond donors (Lipinski definition) is 0. The highest BCUT2D eigenvalue weighted by Gasteiger charge is 2.34. The van der Waals surface area contributed by atoms with Gasteiger partial charge in [0.05, 0.1) is 13.0 Å². The van der Waals surface area contributed by atoms with E-state index in [2.05, 4.69) is 9.72 Å². The summed E-state index contributed by atoms with van der Waals surface area (Å²) in [7, 11) is 1.35. The standard InChI is InChI=1S/C13H16N2O3/c1-18-13(17)11-7-12(16)15(9-11)6-4-10-3-2-5-14-8-10/h2-3,5,8,11H,4,6-7,9H2,1H3. The Morgan fingerprint density at radius 1 is 1.61 bits per heavy atom. The SMILES string of the molecule is COC(=O)C1CC(=O)N(CCc2cccnc2)C1. The van der Waals surface area contributed by atoms with E-state index in [9.17, 15) is 9.59 Å². The highest BCUT2D eigenvalue weighted by atomic mass is 16.5. The van der Waals surface area contributed by atoms with Crippen molar-refractivity contribution in [3.8, 4) is 0 Å². The molecule has 0 aromatic carbocycles. The molecule has 0 saturated carbocycles. The van der Waals surface area contributed by atoms with E-state index < -0.39 is 0 Å². The molecule has 5 nitrogen and oxygen atoms in total. The average Bonchev–Trinajstić information content (AvgIpc) is 2.78. The topological polar surface area (TPSA) is 59.5 Å². The molecule has 1 aliphatic rings. The molecule has 1 amide bonds. The molecule has 0 aliphatic carbocycles. The van der Waals surface area contributed by atoms with Crippen molar-refractivity contribution in [1.82, 2.24) is 9.88 Å². The van der Waals surface area contributed by atoms with Crippen molar-refractivity contribution in [3.63, 3.8) is 0 Å². The highest BCUT2D eigenvalue weighted by Crippen LogP contribution is 2.19. The summed E-state index contributed by atoms with van der Waals surface area (Å²) in [5.74, 6) is -0.585. The Balaban J connectivity index is 1.87. The van der Waals surface area contributed by atoms with Gasteiger partial charge in [0, 0.05) is 31.9 Å². The summed E-state index contributed by atoms with van der Waals surface area (Å²) in [6, 6.07) is 3.85. The molecule has 1 aliphatic heterocycles. The molecule has 96 valence electrons. The van der Waals surface area contributed by atoms with Crippen molar-refractivity contribution in [2.24, 2.45) is 5.92 Å². The van der Waals surface area contributed by atoms with E-state index in [4.69, 9.17) is 0 Å². The van der Waals surface area contributed by atoms with Crippen LogP contribution in [0.15, 0.2) is 24.5 Å². The van der Waals surface area contributed by atoms with Crippen LogP contribution in [0.5, 0.6) is 0 Å². The lowest BCUT2D eigenvalue weighted by Crippen LogP contribution is -2.28. The molecule has 1 saturated heterocycles. The van der Waals surface area contributed by atoms with Crippen LogP contribution in [0.2, 0.25) is 0 Å². The second kappa shape index (κ2) is 5.62. The normalized spacial score (nSPS) is 19.1. The minimum absolute atomic E-state index is 0.0225. The smallest absolute Gasteiger partial charge is 0.310 e. The van der Waals surface area contributed by atoms with E-state index >= 15 is 0 Å². The van der Waals surface area contributed by atoms with Gasteiger partial charge in [0.1, 0.15) is 0 Å². The Bertz CT molecular complexity index is 433. The molecule has 0 radical (unpaired) electrons. The first-order valence-electron chi connectivity index (χ1n) is 5.95. The van der Waals surface area contributed by atoms with Crippen molar-refractivity contribution in [2.75, 3.05) is 20.2 Å². The molecule has 1 aromatic heterocycles. The molecule has 0 N–H and O–H groups in total. The number of hydrogen-bond acceptors (Lipinski definition) is 4. The summed E-state index contributed by atoms with van der Waals surface area (Å²) in [6.07, 6.45) is 4.53.